The van der Waals surface area contributed by atoms with Crippen molar-refractivity contribution in [3.63, 3.8) is 0 Å². The Morgan fingerprint density at radius 1 is 1.42 bits per heavy atom. The molecule has 0 aliphatic heterocycles. The van der Waals surface area contributed by atoms with Crippen molar-refractivity contribution in [2.24, 2.45) is 0 Å². The molecule has 1 aromatic rings. The molecule has 1 aliphatic carbocycles. The molecule has 1 heterocycles. The first-order valence-electron chi connectivity index (χ1n) is 6.82. The van der Waals surface area contributed by atoms with E-state index in [1.807, 2.05) is 6.92 Å². The third kappa shape index (κ3) is 2.95. The van der Waals surface area contributed by atoms with Crippen LogP contribution in [0.15, 0.2) is 0 Å². The molecule has 102 valence electrons. The molecular formula is C14H21N5. The molecule has 0 saturated heterocycles. The van der Waals surface area contributed by atoms with Crippen molar-refractivity contribution in [1.29, 1.82) is 5.26 Å². The molecule has 0 unspecified atom stereocenters. The zero-order valence-corrected chi connectivity index (χ0v) is 11.8. The van der Waals surface area contributed by atoms with Gasteiger partial charge < -0.3 is 10.6 Å². The van der Waals surface area contributed by atoms with Crippen LogP contribution in [0.3, 0.4) is 0 Å². The predicted octanol–water partition coefficient (Wildman–Crippen LogP) is 2.37. The SMILES string of the molecule is Cc1c(N)nc(C(C)C)nc1N(CCC#N)C1CC1. The minimum absolute atomic E-state index is 0.249. The van der Waals surface area contributed by atoms with Crippen molar-refractivity contribution < 1.29 is 0 Å². The van der Waals surface area contributed by atoms with Crippen LogP contribution in [-0.4, -0.2) is 22.6 Å². The average molecular weight is 259 g/mol. The van der Waals surface area contributed by atoms with E-state index < -0.39 is 0 Å². The van der Waals surface area contributed by atoms with E-state index in [1.165, 1.54) is 12.8 Å². The van der Waals surface area contributed by atoms with E-state index in [1.54, 1.807) is 0 Å². The van der Waals surface area contributed by atoms with E-state index in [0.717, 1.165) is 23.8 Å². The molecule has 0 spiro atoms. The fourth-order valence-electron chi connectivity index (χ4n) is 2.10. The van der Waals surface area contributed by atoms with Crippen LogP contribution in [0, 0.1) is 18.3 Å². The number of hydrogen-bond acceptors (Lipinski definition) is 5. The molecule has 0 amide bonds. The Bertz CT molecular complexity index is 499. The van der Waals surface area contributed by atoms with E-state index in [0.29, 0.717) is 18.3 Å². The zero-order valence-electron chi connectivity index (χ0n) is 11.8. The summed E-state index contributed by atoms with van der Waals surface area (Å²) in [6.45, 7) is 6.79. The van der Waals surface area contributed by atoms with E-state index in [2.05, 4.69) is 34.8 Å². The molecule has 1 fully saturated rings. The smallest absolute Gasteiger partial charge is 0.137 e. The van der Waals surface area contributed by atoms with Gasteiger partial charge in [-0.3, -0.25) is 0 Å². The lowest BCUT2D eigenvalue weighted by Crippen LogP contribution is -2.29. The maximum Gasteiger partial charge on any atom is 0.137 e. The number of nitriles is 1. The molecule has 5 heteroatoms. The topological polar surface area (TPSA) is 78.8 Å². The molecule has 0 bridgehead atoms. The lowest BCUT2D eigenvalue weighted by atomic mass is 10.2. The first kappa shape index (κ1) is 13.6. The highest BCUT2D eigenvalue weighted by molar-refractivity contribution is 5.57. The molecule has 1 aromatic heterocycles. The first-order chi connectivity index (χ1) is 9.04. The van der Waals surface area contributed by atoms with Gasteiger partial charge in [0.2, 0.25) is 0 Å². The molecule has 0 atom stereocenters. The van der Waals surface area contributed by atoms with Crippen LogP contribution in [0.25, 0.3) is 0 Å². The Labute approximate surface area is 114 Å². The van der Waals surface area contributed by atoms with Gasteiger partial charge in [-0.2, -0.15) is 5.26 Å². The monoisotopic (exact) mass is 259 g/mol. The van der Waals surface area contributed by atoms with Crippen LogP contribution in [0.4, 0.5) is 11.6 Å². The number of nitrogens with zero attached hydrogens (tertiary/aromatic N) is 4. The van der Waals surface area contributed by atoms with Crippen molar-refractivity contribution in [2.75, 3.05) is 17.2 Å². The summed E-state index contributed by atoms with van der Waals surface area (Å²) in [5, 5.41) is 8.80. The molecule has 19 heavy (non-hydrogen) atoms. The van der Waals surface area contributed by atoms with Crippen molar-refractivity contribution in [3.05, 3.63) is 11.4 Å². The molecule has 0 radical (unpaired) electrons. The number of hydrogen-bond donors (Lipinski definition) is 1. The van der Waals surface area contributed by atoms with Gasteiger partial charge >= 0.3 is 0 Å². The van der Waals surface area contributed by atoms with Gasteiger partial charge in [-0.15, -0.1) is 0 Å². The summed E-state index contributed by atoms with van der Waals surface area (Å²) < 4.78 is 0. The Balaban J connectivity index is 2.37. The Kier molecular flexibility index (Phi) is 3.89. The minimum atomic E-state index is 0.249. The molecule has 1 aliphatic rings. The summed E-state index contributed by atoms with van der Waals surface area (Å²) in [7, 11) is 0. The normalized spacial score (nSPS) is 14.5. The summed E-state index contributed by atoms with van der Waals surface area (Å²) >= 11 is 0. The largest absolute Gasteiger partial charge is 0.383 e. The van der Waals surface area contributed by atoms with Gasteiger partial charge in [-0.05, 0) is 19.8 Å². The highest BCUT2D eigenvalue weighted by atomic mass is 15.2. The number of nitrogen functional groups attached to an aromatic ring is 1. The Hall–Kier alpha value is -1.83. The van der Waals surface area contributed by atoms with Gasteiger partial charge in [0.15, 0.2) is 0 Å². The summed E-state index contributed by atoms with van der Waals surface area (Å²) in [5.74, 6) is 2.49. The Morgan fingerprint density at radius 3 is 2.63 bits per heavy atom. The number of anilines is 2. The maximum atomic E-state index is 8.80. The van der Waals surface area contributed by atoms with Gasteiger partial charge in [-0.25, -0.2) is 9.97 Å². The molecule has 0 aromatic carbocycles. The second-order valence-electron chi connectivity index (χ2n) is 5.40. The molecule has 2 N–H and O–H groups in total. The maximum absolute atomic E-state index is 8.80. The summed E-state index contributed by atoms with van der Waals surface area (Å²) in [4.78, 5) is 11.2. The van der Waals surface area contributed by atoms with Crippen molar-refractivity contribution in [1.82, 2.24) is 9.97 Å². The quantitative estimate of drug-likeness (QED) is 0.878. The van der Waals surface area contributed by atoms with Crippen molar-refractivity contribution in [3.8, 4) is 6.07 Å². The lowest BCUT2D eigenvalue weighted by Gasteiger charge is -2.25. The third-order valence-corrected chi connectivity index (χ3v) is 3.42. The van der Waals surface area contributed by atoms with E-state index in [9.17, 15) is 0 Å². The van der Waals surface area contributed by atoms with Crippen LogP contribution in [0.5, 0.6) is 0 Å². The van der Waals surface area contributed by atoms with Gasteiger partial charge in [0.1, 0.15) is 17.5 Å². The predicted molar refractivity (Wildman–Crippen MR) is 75.9 cm³/mol. The van der Waals surface area contributed by atoms with Crippen molar-refractivity contribution >= 4 is 11.6 Å². The van der Waals surface area contributed by atoms with Crippen LogP contribution in [0.2, 0.25) is 0 Å². The third-order valence-electron chi connectivity index (χ3n) is 3.42. The molecule has 1 saturated carbocycles. The molecule has 2 rings (SSSR count). The molecular weight excluding hydrogens is 238 g/mol. The second-order valence-corrected chi connectivity index (χ2v) is 5.40. The van der Waals surface area contributed by atoms with Crippen molar-refractivity contribution in [2.45, 2.75) is 52.0 Å². The van der Waals surface area contributed by atoms with Crippen LogP contribution >= 0.6 is 0 Å². The number of nitrogens with two attached hydrogens (primary N) is 1. The summed E-state index contributed by atoms with van der Waals surface area (Å²) in [6.07, 6.45) is 2.86. The van der Waals surface area contributed by atoms with Crippen LogP contribution < -0.4 is 10.6 Å². The highest BCUT2D eigenvalue weighted by Crippen LogP contribution is 2.34. The summed E-state index contributed by atoms with van der Waals surface area (Å²) in [5.41, 5.74) is 6.93. The van der Waals surface area contributed by atoms with Gasteiger partial charge in [0, 0.05) is 24.1 Å². The molecule has 5 nitrogen and oxygen atoms in total. The highest BCUT2D eigenvalue weighted by Gasteiger charge is 2.31. The number of rotatable bonds is 5. The first-order valence-corrected chi connectivity index (χ1v) is 6.82. The summed E-state index contributed by atoms with van der Waals surface area (Å²) in [6, 6.07) is 2.72. The van der Waals surface area contributed by atoms with E-state index in [4.69, 9.17) is 11.0 Å². The van der Waals surface area contributed by atoms with Crippen LogP contribution in [0.1, 0.15) is 50.4 Å². The van der Waals surface area contributed by atoms with Gasteiger partial charge in [-0.1, -0.05) is 13.8 Å². The standard InChI is InChI=1S/C14H21N5/c1-9(2)13-17-12(16)10(3)14(18-13)19(8-4-7-15)11-5-6-11/h9,11H,4-6,8H2,1-3H3,(H2,16,17,18). The van der Waals surface area contributed by atoms with Crippen LogP contribution in [-0.2, 0) is 0 Å². The zero-order chi connectivity index (χ0) is 14.0. The van der Waals surface area contributed by atoms with Gasteiger partial charge in [0.25, 0.3) is 0 Å². The van der Waals surface area contributed by atoms with E-state index in [-0.39, 0.29) is 5.92 Å². The van der Waals surface area contributed by atoms with Gasteiger partial charge in [0.05, 0.1) is 12.5 Å². The lowest BCUT2D eigenvalue weighted by molar-refractivity contribution is 0.733. The fourth-order valence-corrected chi connectivity index (χ4v) is 2.10. The number of aromatic nitrogens is 2. The Morgan fingerprint density at radius 2 is 2.11 bits per heavy atom. The fraction of sp³-hybridized carbons (Fsp3) is 0.643. The second kappa shape index (κ2) is 5.43. The van der Waals surface area contributed by atoms with E-state index >= 15 is 0 Å². The average Bonchev–Trinajstić information content (AvgIpc) is 3.18. The minimum Gasteiger partial charge on any atom is -0.383 e.